The van der Waals surface area contributed by atoms with E-state index in [9.17, 15) is 0 Å². The van der Waals surface area contributed by atoms with Crippen molar-refractivity contribution in [1.82, 2.24) is 0 Å². The zero-order valence-corrected chi connectivity index (χ0v) is 9.45. The Morgan fingerprint density at radius 2 is 2.00 bits per heavy atom. The number of anilines is 1. The summed E-state index contributed by atoms with van der Waals surface area (Å²) in [6.07, 6.45) is 0. The number of alkyl halides is 1. The Labute approximate surface area is 86.9 Å². The van der Waals surface area contributed by atoms with Gasteiger partial charge in [0.05, 0.1) is 3.92 Å². The third-order valence-corrected chi connectivity index (χ3v) is 4.36. The number of rotatable bonds is 0. The van der Waals surface area contributed by atoms with E-state index in [-0.39, 0.29) is 0 Å². The second-order valence-electron chi connectivity index (χ2n) is 3.31. The molecule has 0 saturated carbocycles. The van der Waals surface area contributed by atoms with E-state index < -0.39 is 0 Å². The Morgan fingerprint density at radius 3 is 2.67 bits per heavy atom. The summed E-state index contributed by atoms with van der Waals surface area (Å²) in [5.41, 5.74) is 2.87. The Hall–Kier alpha value is -0.250. The summed E-state index contributed by atoms with van der Waals surface area (Å²) >= 11 is 2.52. The van der Waals surface area contributed by atoms with Crippen LogP contribution in [0, 0.1) is 0 Å². The van der Waals surface area contributed by atoms with E-state index in [0.29, 0.717) is 9.97 Å². The molecular weight excluding hydrogens is 261 g/mol. The zero-order chi connectivity index (χ0) is 8.72. The van der Waals surface area contributed by atoms with Crippen molar-refractivity contribution in [3.8, 4) is 0 Å². The number of halogens is 1. The Balaban J connectivity index is 2.52. The van der Waals surface area contributed by atoms with Gasteiger partial charge in [-0.2, -0.15) is 0 Å². The minimum absolute atomic E-state index is 0.628. The Kier molecular flexibility index (Phi) is 2.02. The van der Waals surface area contributed by atoms with E-state index in [0.717, 1.165) is 0 Å². The van der Waals surface area contributed by atoms with Gasteiger partial charge in [0.25, 0.3) is 0 Å². The first kappa shape index (κ1) is 8.35. The van der Waals surface area contributed by atoms with Crippen LogP contribution in [0.5, 0.6) is 0 Å². The van der Waals surface area contributed by atoms with Gasteiger partial charge >= 0.3 is 0 Å². The smallest absolute Gasteiger partial charge is 0.0580 e. The van der Waals surface area contributed by atoms with Crippen LogP contribution in [0.15, 0.2) is 24.3 Å². The van der Waals surface area contributed by atoms with Crippen LogP contribution < -0.4 is 4.90 Å². The van der Waals surface area contributed by atoms with Gasteiger partial charge in [0.2, 0.25) is 0 Å². The van der Waals surface area contributed by atoms with Crippen molar-refractivity contribution < 1.29 is 0 Å². The molecule has 0 amide bonds. The molecule has 1 aromatic rings. The number of nitrogens with zero attached hydrogens (tertiary/aromatic N) is 1. The number of benzene rings is 1. The minimum Gasteiger partial charge on any atom is -0.370 e. The normalized spacial score (nSPS) is 27.4. The topological polar surface area (TPSA) is 3.24 Å². The Bertz CT molecular complexity index is 269. The number of hydrogen-bond donors (Lipinski definition) is 0. The van der Waals surface area contributed by atoms with Gasteiger partial charge in [-0.1, -0.05) is 40.8 Å². The third kappa shape index (κ3) is 1.04. The van der Waals surface area contributed by atoms with E-state index >= 15 is 0 Å². The summed E-state index contributed by atoms with van der Waals surface area (Å²) in [6, 6.07) is 9.28. The van der Waals surface area contributed by atoms with E-state index in [4.69, 9.17) is 0 Å². The molecule has 0 aliphatic carbocycles. The Morgan fingerprint density at radius 1 is 1.33 bits per heavy atom. The van der Waals surface area contributed by atoms with E-state index in [1.807, 2.05) is 0 Å². The average molecular weight is 273 g/mol. The molecular formula is C10H12IN. The standard InChI is InChI=1S/C10H12IN/c1-7-10(11)8-5-3-4-6-9(8)12(7)2/h3-7,10H,1-2H3. The maximum Gasteiger partial charge on any atom is 0.0580 e. The molecule has 0 spiro atoms. The number of likely N-dealkylation sites (N-methyl/N-ethyl adjacent to an activating group) is 1. The van der Waals surface area contributed by atoms with Crippen molar-refractivity contribution in [1.29, 1.82) is 0 Å². The number of fused-ring (bicyclic) bond motifs is 1. The number of para-hydroxylation sites is 1. The molecule has 0 fully saturated rings. The molecule has 2 rings (SSSR count). The average Bonchev–Trinajstić information content (AvgIpc) is 2.33. The highest BCUT2D eigenvalue weighted by Crippen LogP contribution is 2.43. The van der Waals surface area contributed by atoms with Gasteiger partial charge in [0.15, 0.2) is 0 Å². The summed E-state index contributed by atoms with van der Waals surface area (Å²) < 4.78 is 0.642. The summed E-state index contributed by atoms with van der Waals surface area (Å²) in [5.74, 6) is 0. The zero-order valence-electron chi connectivity index (χ0n) is 7.29. The molecule has 0 aromatic heterocycles. The fourth-order valence-electron chi connectivity index (χ4n) is 1.72. The monoisotopic (exact) mass is 273 g/mol. The van der Waals surface area contributed by atoms with Gasteiger partial charge in [-0.15, -0.1) is 0 Å². The van der Waals surface area contributed by atoms with Crippen molar-refractivity contribution in [3.63, 3.8) is 0 Å². The molecule has 2 unspecified atom stereocenters. The lowest BCUT2D eigenvalue weighted by atomic mass is 10.1. The van der Waals surface area contributed by atoms with E-state index in [2.05, 4.69) is 65.7 Å². The lowest BCUT2D eigenvalue weighted by Gasteiger charge is -2.19. The quantitative estimate of drug-likeness (QED) is 0.519. The predicted octanol–water partition coefficient (Wildman–Crippen LogP) is 3.00. The molecule has 1 aliphatic heterocycles. The molecule has 1 aliphatic rings. The highest BCUT2D eigenvalue weighted by atomic mass is 127. The van der Waals surface area contributed by atoms with Gasteiger partial charge < -0.3 is 4.90 Å². The second kappa shape index (κ2) is 2.91. The SMILES string of the molecule is CC1C(I)c2ccccc2N1C. The van der Waals surface area contributed by atoms with E-state index in [1.165, 1.54) is 11.3 Å². The van der Waals surface area contributed by atoms with Crippen molar-refractivity contribution in [3.05, 3.63) is 29.8 Å². The molecule has 0 radical (unpaired) electrons. The molecule has 1 aromatic carbocycles. The van der Waals surface area contributed by atoms with Gasteiger partial charge in [0.1, 0.15) is 0 Å². The van der Waals surface area contributed by atoms with Crippen molar-refractivity contribution in [2.75, 3.05) is 11.9 Å². The van der Waals surface area contributed by atoms with Crippen LogP contribution >= 0.6 is 22.6 Å². The van der Waals surface area contributed by atoms with Crippen LogP contribution in [-0.2, 0) is 0 Å². The van der Waals surface area contributed by atoms with Gasteiger partial charge in [0, 0.05) is 18.8 Å². The maximum atomic E-state index is 2.52. The molecule has 0 bridgehead atoms. The maximum absolute atomic E-state index is 2.52. The first-order valence-electron chi connectivity index (χ1n) is 4.17. The summed E-state index contributed by atoms with van der Waals surface area (Å²) in [5, 5.41) is 0. The van der Waals surface area contributed by atoms with Crippen LogP contribution in [0.2, 0.25) is 0 Å². The second-order valence-corrected chi connectivity index (χ2v) is 4.65. The molecule has 0 N–H and O–H groups in total. The fourth-order valence-corrected chi connectivity index (χ4v) is 2.73. The molecule has 1 heterocycles. The lowest BCUT2D eigenvalue weighted by molar-refractivity contribution is 0.735. The van der Waals surface area contributed by atoms with Gasteiger partial charge in [-0.05, 0) is 18.6 Å². The lowest BCUT2D eigenvalue weighted by Crippen LogP contribution is -2.24. The van der Waals surface area contributed by atoms with Crippen molar-refractivity contribution >= 4 is 28.3 Å². The van der Waals surface area contributed by atoms with Crippen LogP contribution in [0.1, 0.15) is 16.4 Å². The van der Waals surface area contributed by atoms with Crippen LogP contribution in [0.25, 0.3) is 0 Å². The first-order chi connectivity index (χ1) is 5.72. The third-order valence-electron chi connectivity index (χ3n) is 2.65. The molecule has 64 valence electrons. The summed E-state index contributed by atoms with van der Waals surface area (Å²) in [4.78, 5) is 2.35. The number of hydrogen-bond acceptors (Lipinski definition) is 1. The summed E-state index contributed by atoms with van der Waals surface area (Å²) in [6.45, 7) is 2.27. The molecule has 2 heteroatoms. The van der Waals surface area contributed by atoms with Crippen molar-refractivity contribution in [2.24, 2.45) is 0 Å². The molecule has 12 heavy (non-hydrogen) atoms. The predicted molar refractivity (Wildman–Crippen MR) is 61.1 cm³/mol. The van der Waals surface area contributed by atoms with E-state index in [1.54, 1.807) is 0 Å². The van der Waals surface area contributed by atoms with Gasteiger partial charge in [-0.25, -0.2) is 0 Å². The first-order valence-corrected chi connectivity index (χ1v) is 5.42. The van der Waals surface area contributed by atoms with Crippen LogP contribution in [-0.4, -0.2) is 13.1 Å². The summed E-state index contributed by atoms with van der Waals surface area (Å²) in [7, 11) is 2.17. The fraction of sp³-hybridized carbons (Fsp3) is 0.400. The largest absolute Gasteiger partial charge is 0.370 e. The molecule has 1 nitrogen and oxygen atoms in total. The van der Waals surface area contributed by atoms with Gasteiger partial charge in [-0.3, -0.25) is 0 Å². The highest BCUT2D eigenvalue weighted by Gasteiger charge is 2.30. The van der Waals surface area contributed by atoms with Crippen LogP contribution in [0.3, 0.4) is 0 Å². The molecule has 0 saturated heterocycles. The van der Waals surface area contributed by atoms with Crippen molar-refractivity contribution in [2.45, 2.75) is 16.9 Å². The highest BCUT2D eigenvalue weighted by molar-refractivity contribution is 14.1. The van der Waals surface area contributed by atoms with Crippen LogP contribution in [0.4, 0.5) is 5.69 Å². The molecule has 2 atom stereocenters. The minimum atomic E-state index is 0.628.